The average Bonchev–Trinajstić information content (AvgIpc) is 2.60. The number of carboxylic acid groups (broad SMARTS) is 1. The van der Waals surface area contributed by atoms with Gasteiger partial charge in [-0.1, -0.05) is 18.2 Å². The quantitative estimate of drug-likeness (QED) is 0.673. The first kappa shape index (κ1) is 8.54. The summed E-state index contributed by atoms with van der Waals surface area (Å²) in [5.74, 6) is -0.324. The number of allylic oxidation sites excluding steroid dienone is 3. The van der Waals surface area contributed by atoms with Gasteiger partial charge in [0.2, 0.25) is 0 Å². The Morgan fingerprint density at radius 1 is 1.77 bits per heavy atom. The van der Waals surface area contributed by atoms with Gasteiger partial charge in [-0.25, -0.2) is 0 Å². The van der Waals surface area contributed by atoms with Crippen molar-refractivity contribution in [3.8, 4) is 0 Å². The summed E-state index contributed by atoms with van der Waals surface area (Å²) in [6.45, 7) is 3.70. The predicted molar refractivity (Wildman–Crippen MR) is 50.2 cm³/mol. The fraction of sp³-hybridized carbons (Fsp3) is 0.545. The summed E-state index contributed by atoms with van der Waals surface area (Å²) in [5, 5.41) is 9.06. The van der Waals surface area contributed by atoms with Gasteiger partial charge in [-0.3, -0.25) is 4.79 Å². The molecule has 2 nitrogen and oxygen atoms in total. The standard InChI is InChI=1S/C11H14O2/c1-2-4-11-5-3-8(7-11)6-9(11)10(12)13/h2-3,5,8-9H,1,4,6-7H2,(H,12,13). The Balaban J connectivity index is 2.27. The Kier molecular flexibility index (Phi) is 1.79. The Bertz CT molecular complexity index is 280. The van der Waals surface area contributed by atoms with Crippen molar-refractivity contribution in [2.75, 3.05) is 0 Å². The maximum atomic E-state index is 11.0. The fourth-order valence-electron chi connectivity index (χ4n) is 2.82. The third-order valence-corrected chi connectivity index (χ3v) is 3.40. The van der Waals surface area contributed by atoms with Crippen LogP contribution in [0.5, 0.6) is 0 Å². The van der Waals surface area contributed by atoms with Crippen LogP contribution in [-0.4, -0.2) is 11.1 Å². The minimum absolute atomic E-state index is 0.0990. The minimum Gasteiger partial charge on any atom is -0.481 e. The van der Waals surface area contributed by atoms with Crippen molar-refractivity contribution in [2.45, 2.75) is 19.3 Å². The van der Waals surface area contributed by atoms with E-state index >= 15 is 0 Å². The Morgan fingerprint density at radius 2 is 2.54 bits per heavy atom. The van der Waals surface area contributed by atoms with Crippen LogP contribution in [0.15, 0.2) is 24.8 Å². The molecule has 2 aliphatic carbocycles. The maximum absolute atomic E-state index is 11.0. The number of rotatable bonds is 3. The zero-order valence-electron chi connectivity index (χ0n) is 7.57. The number of carboxylic acids is 1. The molecule has 0 amide bonds. The molecular formula is C11H14O2. The van der Waals surface area contributed by atoms with Crippen molar-refractivity contribution < 1.29 is 9.90 Å². The molecule has 0 heterocycles. The highest BCUT2D eigenvalue weighted by atomic mass is 16.4. The summed E-state index contributed by atoms with van der Waals surface area (Å²) in [6.07, 6.45) is 8.74. The normalized spacial score (nSPS) is 40.9. The molecule has 2 rings (SSSR count). The highest BCUT2D eigenvalue weighted by molar-refractivity contribution is 5.72. The summed E-state index contributed by atoms with van der Waals surface area (Å²) in [4.78, 5) is 11.0. The van der Waals surface area contributed by atoms with Gasteiger partial charge in [-0.2, -0.15) is 0 Å². The fourth-order valence-corrected chi connectivity index (χ4v) is 2.82. The summed E-state index contributed by atoms with van der Waals surface area (Å²) in [5.41, 5.74) is -0.0990. The van der Waals surface area contributed by atoms with Gasteiger partial charge < -0.3 is 5.11 Å². The second-order valence-electron chi connectivity index (χ2n) is 4.18. The lowest BCUT2D eigenvalue weighted by Crippen LogP contribution is -2.29. The van der Waals surface area contributed by atoms with Gasteiger partial charge >= 0.3 is 5.97 Å². The number of hydrogen-bond donors (Lipinski definition) is 1. The monoisotopic (exact) mass is 178 g/mol. The first-order chi connectivity index (χ1) is 6.18. The Labute approximate surface area is 78.0 Å². The first-order valence-corrected chi connectivity index (χ1v) is 4.71. The molecule has 0 aliphatic heterocycles. The van der Waals surface area contributed by atoms with Crippen molar-refractivity contribution in [3.63, 3.8) is 0 Å². The Morgan fingerprint density at radius 3 is 3.08 bits per heavy atom. The van der Waals surface area contributed by atoms with Crippen LogP contribution in [0.2, 0.25) is 0 Å². The molecule has 1 N–H and O–H groups in total. The Hall–Kier alpha value is -1.05. The van der Waals surface area contributed by atoms with E-state index in [-0.39, 0.29) is 11.3 Å². The van der Waals surface area contributed by atoms with Crippen molar-refractivity contribution in [2.24, 2.45) is 17.3 Å². The largest absolute Gasteiger partial charge is 0.481 e. The lowest BCUT2D eigenvalue weighted by molar-refractivity contribution is -0.144. The molecule has 0 aromatic rings. The maximum Gasteiger partial charge on any atom is 0.307 e. The van der Waals surface area contributed by atoms with E-state index in [1.165, 1.54) is 0 Å². The highest BCUT2D eigenvalue weighted by Gasteiger charge is 2.50. The second kappa shape index (κ2) is 2.72. The lowest BCUT2D eigenvalue weighted by atomic mass is 9.75. The van der Waals surface area contributed by atoms with E-state index in [4.69, 9.17) is 5.11 Å². The van der Waals surface area contributed by atoms with Crippen LogP contribution in [0.25, 0.3) is 0 Å². The molecule has 1 fully saturated rings. The molecule has 0 spiro atoms. The van der Waals surface area contributed by atoms with Crippen LogP contribution in [0.4, 0.5) is 0 Å². The number of fused-ring (bicyclic) bond motifs is 2. The molecule has 0 radical (unpaired) electrons. The van der Waals surface area contributed by atoms with Crippen LogP contribution < -0.4 is 0 Å². The number of hydrogen-bond acceptors (Lipinski definition) is 1. The predicted octanol–water partition coefficient (Wildman–Crippen LogP) is 2.23. The topological polar surface area (TPSA) is 37.3 Å². The van der Waals surface area contributed by atoms with E-state index in [9.17, 15) is 4.79 Å². The lowest BCUT2D eigenvalue weighted by Gasteiger charge is -2.28. The smallest absolute Gasteiger partial charge is 0.307 e. The van der Waals surface area contributed by atoms with Gasteiger partial charge in [0.05, 0.1) is 5.92 Å². The van der Waals surface area contributed by atoms with Gasteiger partial charge in [0, 0.05) is 5.41 Å². The minimum atomic E-state index is -0.645. The van der Waals surface area contributed by atoms with Crippen LogP contribution in [0.3, 0.4) is 0 Å². The van der Waals surface area contributed by atoms with Crippen LogP contribution >= 0.6 is 0 Å². The molecule has 2 aliphatic rings. The third kappa shape index (κ3) is 1.12. The van der Waals surface area contributed by atoms with Crippen LogP contribution in [0, 0.1) is 17.3 Å². The van der Waals surface area contributed by atoms with E-state index in [0.717, 1.165) is 19.3 Å². The molecule has 0 saturated heterocycles. The van der Waals surface area contributed by atoms with Crippen molar-refractivity contribution >= 4 is 5.97 Å². The zero-order chi connectivity index (χ0) is 9.47. The van der Waals surface area contributed by atoms with E-state index in [0.29, 0.717) is 5.92 Å². The summed E-state index contributed by atoms with van der Waals surface area (Å²) in [7, 11) is 0. The molecule has 3 unspecified atom stereocenters. The molecule has 3 atom stereocenters. The summed E-state index contributed by atoms with van der Waals surface area (Å²) < 4.78 is 0. The zero-order valence-corrected chi connectivity index (χ0v) is 7.57. The molecule has 2 bridgehead atoms. The molecule has 0 aromatic carbocycles. The van der Waals surface area contributed by atoms with E-state index < -0.39 is 5.97 Å². The van der Waals surface area contributed by atoms with Crippen molar-refractivity contribution in [1.29, 1.82) is 0 Å². The number of aliphatic carboxylic acids is 1. The van der Waals surface area contributed by atoms with Crippen LogP contribution in [-0.2, 0) is 4.79 Å². The van der Waals surface area contributed by atoms with Gasteiger partial charge in [0.1, 0.15) is 0 Å². The number of carbonyl (C=O) groups is 1. The van der Waals surface area contributed by atoms with Crippen LogP contribution in [0.1, 0.15) is 19.3 Å². The summed E-state index contributed by atoms with van der Waals surface area (Å²) >= 11 is 0. The van der Waals surface area contributed by atoms with E-state index in [2.05, 4.69) is 18.7 Å². The van der Waals surface area contributed by atoms with Gasteiger partial charge in [0.25, 0.3) is 0 Å². The third-order valence-electron chi connectivity index (χ3n) is 3.40. The molecule has 2 heteroatoms. The van der Waals surface area contributed by atoms with Crippen molar-refractivity contribution in [1.82, 2.24) is 0 Å². The SMILES string of the molecule is C=CCC12C=CC(CC1C(=O)O)C2. The molecular weight excluding hydrogens is 164 g/mol. The highest BCUT2D eigenvalue weighted by Crippen LogP contribution is 2.55. The van der Waals surface area contributed by atoms with Gasteiger partial charge in [0.15, 0.2) is 0 Å². The van der Waals surface area contributed by atoms with Gasteiger partial charge in [-0.05, 0) is 25.2 Å². The molecule has 13 heavy (non-hydrogen) atoms. The molecule has 1 saturated carbocycles. The van der Waals surface area contributed by atoms with Crippen molar-refractivity contribution in [3.05, 3.63) is 24.8 Å². The first-order valence-electron chi connectivity index (χ1n) is 4.71. The average molecular weight is 178 g/mol. The molecule has 70 valence electrons. The van der Waals surface area contributed by atoms with Gasteiger partial charge in [-0.15, -0.1) is 6.58 Å². The van der Waals surface area contributed by atoms with E-state index in [1.807, 2.05) is 6.08 Å². The van der Waals surface area contributed by atoms with E-state index in [1.54, 1.807) is 0 Å². The second-order valence-corrected chi connectivity index (χ2v) is 4.18. The molecule has 0 aromatic heterocycles. The summed E-state index contributed by atoms with van der Waals surface area (Å²) in [6, 6.07) is 0.